The van der Waals surface area contributed by atoms with Crippen molar-refractivity contribution in [3.63, 3.8) is 0 Å². The number of hydrogen-bond donors (Lipinski definition) is 2. The lowest BCUT2D eigenvalue weighted by Gasteiger charge is -2.17. The number of likely N-dealkylation sites (tertiary alicyclic amines) is 1. The Balaban J connectivity index is 1.75. The molecule has 1 saturated heterocycles. The van der Waals surface area contributed by atoms with E-state index in [2.05, 4.69) is 16.9 Å². The van der Waals surface area contributed by atoms with Gasteiger partial charge in [-0.2, -0.15) is 0 Å². The molecule has 2 heterocycles. The van der Waals surface area contributed by atoms with Gasteiger partial charge in [-0.15, -0.1) is 11.3 Å². The lowest BCUT2D eigenvalue weighted by atomic mass is 10.1. The maximum Gasteiger partial charge on any atom is 0.257 e. The quantitative estimate of drug-likeness (QED) is 0.651. The number of hydrogen-bond acceptors (Lipinski definition) is 5. The van der Waals surface area contributed by atoms with Gasteiger partial charge in [0.05, 0.1) is 10.6 Å². The van der Waals surface area contributed by atoms with Gasteiger partial charge in [0, 0.05) is 35.8 Å². The fourth-order valence-electron chi connectivity index (χ4n) is 2.85. The summed E-state index contributed by atoms with van der Waals surface area (Å²) in [6, 6.07) is 4.43. The summed E-state index contributed by atoms with van der Waals surface area (Å²) in [4.78, 5) is 30.4. The second kappa shape index (κ2) is 7.06. The topological polar surface area (TPSA) is 82.5 Å². The van der Waals surface area contributed by atoms with E-state index in [1.807, 2.05) is 12.3 Å². The molecular formula is C18H19N3O3S. The molecule has 1 fully saturated rings. The van der Waals surface area contributed by atoms with Crippen LogP contribution in [0.15, 0.2) is 36.2 Å². The van der Waals surface area contributed by atoms with E-state index >= 15 is 0 Å². The first kappa shape index (κ1) is 17.2. The first-order valence-corrected chi connectivity index (χ1v) is 8.83. The minimum Gasteiger partial charge on any atom is -0.507 e. The number of rotatable bonds is 4. The zero-order valence-electron chi connectivity index (χ0n) is 13.9. The molecule has 7 heteroatoms. The zero-order valence-corrected chi connectivity index (χ0v) is 14.7. The van der Waals surface area contributed by atoms with Gasteiger partial charge < -0.3 is 15.3 Å². The van der Waals surface area contributed by atoms with E-state index in [-0.39, 0.29) is 29.0 Å². The molecule has 0 spiro atoms. The third-order valence-electron chi connectivity index (χ3n) is 4.14. The van der Waals surface area contributed by atoms with Crippen LogP contribution in [0.3, 0.4) is 0 Å². The maximum absolute atomic E-state index is 12.8. The van der Waals surface area contributed by atoms with E-state index < -0.39 is 0 Å². The third-order valence-corrected chi connectivity index (χ3v) is 5.27. The average Bonchev–Trinajstić information content (AvgIpc) is 3.24. The summed E-state index contributed by atoms with van der Waals surface area (Å²) in [5.41, 5.74) is 1.61. The summed E-state index contributed by atoms with van der Waals surface area (Å²) in [7, 11) is 0. The molecule has 1 aliphatic heterocycles. The Labute approximate surface area is 149 Å². The Morgan fingerprint density at radius 3 is 2.96 bits per heavy atom. The number of aromatic nitrogens is 1. The van der Waals surface area contributed by atoms with E-state index in [0.29, 0.717) is 18.8 Å². The van der Waals surface area contributed by atoms with Crippen molar-refractivity contribution in [1.82, 2.24) is 9.88 Å². The van der Waals surface area contributed by atoms with Crippen LogP contribution in [0.1, 0.15) is 33.4 Å². The monoisotopic (exact) mass is 357 g/mol. The van der Waals surface area contributed by atoms with Crippen molar-refractivity contribution in [3.05, 3.63) is 52.5 Å². The third kappa shape index (κ3) is 3.71. The normalized spacial score (nSPS) is 16.7. The molecule has 0 bridgehead atoms. The van der Waals surface area contributed by atoms with Crippen LogP contribution in [0.4, 0.5) is 5.69 Å². The molecule has 1 atom stereocenters. The number of phenolic OH excluding ortho intramolecular Hbond substituents is 1. The molecule has 1 aromatic carbocycles. The highest BCUT2D eigenvalue weighted by Gasteiger charge is 2.30. The highest BCUT2D eigenvalue weighted by Crippen LogP contribution is 2.32. The summed E-state index contributed by atoms with van der Waals surface area (Å²) < 4.78 is 0. The van der Waals surface area contributed by atoms with Crippen LogP contribution < -0.4 is 5.32 Å². The first-order valence-electron chi connectivity index (χ1n) is 7.95. The first-order chi connectivity index (χ1) is 12.0. The highest BCUT2D eigenvalue weighted by atomic mass is 32.1. The largest absolute Gasteiger partial charge is 0.507 e. The number of nitrogens with zero attached hydrogens (tertiary/aromatic N) is 2. The Morgan fingerprint density at radius 1 is 1.48 bits per heavy atom. The maximum atomic E-state index is 12.8. The number of aromatic hydroxyl groups is 1. The van der Waals surface area contributed by atoms with E-state index in [1.54, 1.807) is 22.3 Å². The molecule has 2 N–H and O–H groups in total. The van der Waals surface area contributed by atoms with E-state index in [4.69, 9.17) is 0 Å². The zero-order chi connectivity index (χ0) is 18.0. The standard InChI is InChI=1S/C18H19N3O3S/c1-3-16(23)20-13-4-5-15(22)14(8-13)18(24)21-7-6-12(9-21)17-19-11(2)10-25-17/h3-5,8,10,12,22H,1,6-7,9H2,2H3,(H,20,23). The van der Waals surface area contributed by atoms with Crippen LogP contribution in [-0.4, -0.2) is 39.9 Å². The van der Waals surface area contributed by atoms with Crippen LogP contribution in [0.5, 0.6) is 5.75 Å². The van der Waals surface area contributed by atoms with Crippen molar-refractivity contribution in [3.8, 4) is 5.75 Å². The van der Waals surface area contributed by atoms with Gasteiger partial charge in [-0.1, -0.05) is 6.58 Å². The average molecular weight is 357 g/mol. The van der Waals surface area contributed by atoms with Crippen LogP contribution in [0.25, 0.3) is 0 Å². The smallest absolute Gasteiger partial charge is 0.257 e. The summed E-state index contributed by atoms with van der Waals surface area (Å²) in [6.07, 6.45) is 2.00. The molecule has 6 nitrogen and oxygen atoms in total. The Morgan fingerprint density at radius 2 is 2.28 bits per heavy atom. The second-order valence-corrected chi connectivity index (χ2v) is 6.88. The van der Waals surface area contributed by atoms with Gasteiger partial charge in [0.2, 0.25) is 5.91 Å². The molecule has 25 heavy (non-hydrogen) atoms. The lowest BCUT2D eigenvalue weighted by molar-refractivity contribution is -0.111. The number of nitrogens with one attached hydrogen (secondary N) is 1. The molecule has 1 unspecified atom stereocenters. The van der Waals surface area contributed by atoms with E-state index in [0.717, 1.165) is 23.2 Å². The SMILES string of the molecule is C=CC(=O)Nc1ccc(O)c(C(=O)N2CCC(c3nc(C)cs3)C2)c1. The molecule has 2 aromatic rings. The lowest BCUT2D eigenvalue weighted by Crippen LogP contribution is -2.28. The van der Waals surface area contributed by atoms with E-state index in [9.17, 15) is 14.7 Å². The summed E-state index contributed by atoms with van der Waals surface area (Å²) in [6.45, 7) is 6.54. The number of phenols is 1. The Hall–Kier alpha value is -2.67. The molecule has 0 aliphatic carbocycles. The van der Waals surface area contributed by atoms with Crippen molar-refractivity contribution in [1.29, 1.82) is 0 Å². The predicted molar refractivity (Wildman–Crippen MR) is 97.0 cm³/mol. The molecule has 1 aliphatic rings. The Kier molecular flexibility index (Phi) is 4.85. The minimum absolute atomic E-state index is 0.102. The van der Waals surface area contributed by atoms with Crippen LogP contribution >= 0.6 is 11.3 Å². The fourth-order valence-corrected chi connectivity index (χ4v) is 3.78. The van der Waals surface area contributed by atoms with Crippen molar-refractivity contribution >= 4 is 28.8 Å². The number of carbonyl (C=O) groups excluding carboxylic acids is 2. The molecule has 0 saturated carbocycles. The predicted octanol–water partition coefficient (Wildman–Crippen LogP) is 2.91. The van der Waals surface area contributed by atoms with Crippen molar-refractivity contribution in [2.24, 2.45) is 0 Å². The summed E-state index contributed by atoms with van der Waals surface area (Å²) in [5.74, 6) is -0.490. The van der Waals surface area contributed by atoms with Crippen molar-refractivity contribution < 1.29 is 14.7 Å². The van der Waals surface area contributed by atoms with Crippen molar-refractivity contribution in [2.45, 2.75) is 19.3 Å². The van der Waals surface area contributed by atoms with Gasteiger partial charge in [-0.05, 0) is 37.6 Å². The summed E-state index contributed by atoms with van der Waals surface area (Å²) >= 11 is 1.62. The molecule has 1 aromatic heterocycles. The van der Waals surface area contributed by atoms with E-state index in [1.165, 1.54) is 12.1 Å². The van der Waals surface area contributed by atoms with Crippen LogP contribution in [-0.2, 0) is 4.79 Å². The molecule has 0 radical (unpaired) electrons. The second-order valence-electron chi connectivity index (χ2n) is 5.99. The van der Waals surface area contributed by atoms with Gasteiger partial charge in [0.1, 0.15) is 5.75 Å². The van der Waals surface area contributed by atoms with Gasteiger partial charge >= 0.3 is 0 Å². The number of benzene rings is 1. The van der Waals surface area contributed by atoms with Gasteiger partial charge in [0.15, 0.2) is 0 Å². The highest BCUT2D eigenvalue weighted by molar-refractivity contribution is 7.09. The number of carbonyl (C=O) groups is 2. The Bertz CT molecular complexity index is 831. The van der Waals surface area contributed by atoms with Gasteiger partial charge in [-0.3, -0.25) is 9.59 Å². The molecule has 3 rings (SSSR count). The van der Waals surface area contributed by atoms with Gasteiger partial charge in [-0.25, -0.2) is 4.98 Å². The van der Waals surface area contributed by atoms with Gasteiger partial charge in [0.25, 0.3) is 5.91 Å². The summed E-state index contributed by atoms with van der Waals surface area (Å²) in [5, 5.41) is 15.7. The number of anilines is 1. The molecule has 2 amide bonds. The fraction of sp³-hybridized carbons (Fsp3) is 0.278. The number of aryl methyl sites for hydroxylation is 1. The molecular weight excluding hydrogens is 338 g/mol. The molecule has 130 valence electrons. The van der Waals surface area contributed by atoms with Crippen molar-refractivity contribution in [2.75, 3.05) is 18.4 Å². The van der Waals surface area contributed by atoms with Crippen LogP contribution in [0, 0.1) is 6.92 Å². The number of thiazole rings is 1. The number of amides is 2. The minimum atomic E-state index is -0.371. The van der Waals surface area contributed by atoms with Crippen LogP contribution in [0.2, 0.25) is 0 Å².